The zero-order valence-corrected chi connectivity index (χ0v) is 5.91. The Morgan fingerprint density at radius 1 is 1.27 bits per heavy atom. The fourth-order valence-corrected chi connectivity index (χ4v) is 0.652. The van der Waals surface area contributed by atoms with Gasteiger partial charge in [-0.3, -0.25) is 5.43 Å². The fraction of sp³-hybridized carbons (Fsp3) is 0.125. The third-order valence-corrected chi connectivity index (χ3v) is 1.10. The van der Waals surface area contributed by atoms with Gasteiger partial charge in [0.25, 0.3) is 0 Å². The van der Waals surface area contributed by atoms with Gasteiger partial charge in [-0.15, -0.1) is 0 Å². The molecule has 0 fully saturated rings. The van der Waals surface area contributed by atoms with Crippen LogP contribution in [0.15, 0.2) is 35.4 Å². The minimum absolute atomic E-state index is 0. The maximum atomic E-state index is 3.87. The summed E-state index contributed by atoms with van der Waals surface area (Å²) in [4.78, 5) is 0. The minimum atomic E-state index is 0. The number of para-hydroxylation sites is 1. The molecule has 1 N–H and O–H groups in total. The zero-order valence-electron chi connectivity index (χ0n) is 5.91. The van der Waals surface area contributed by atoms with Crippen molar-refractivity contribution in [1.82, 2.24) is 0 Å². The molecule has 11 heavy (non-hydrogen) atoms. The molecule has 1 rings (SSSR count). The number of rotatable bonds is 2. The van der Waals surface area contributed by atoms with E-state index in [0.29, 0.717) is 0 Å². The van der Waals surface area contributed by atoms with Crippen LogP contribution in [0.4, 0.5) is 5.69 Å². The van der Waals surface area contributed by atoms with Crippen molar-refractivity contribution in [1.29, 1.82) is 0 Å². The van der Waals surface area contributed by atoms with Crippen molar-refractivity contribution >= 4 is 41.5 Å². The number of nitrogens with one attached hydrogen (secondary N) is 1. The van der Waals surface area contributed by atoms with Gasteiger partial charge in [0.15, 0.2) is 0 Å². The molecule has 54 valence electrons. The SMILES string of the molecule is CC=NNc1ccccc1.[NaH]. The molecule has 0 heterocycles. The first kappa shape index (κ1) is 10.7. The fourth-order valence-electron chi connectivity index (χ4n) is 0.652. The summed E-state index contributed by atoms with van der Waals surface area (Å²) in [5.74, 6) is 0. The van der Waals surface area contributed by atoms with Gasteiger partial charge in [0, 0.05) is 6.21 Å². The Balaban J connectivity index is 0.000001000. The number of nitrogens with zero attached hydrogens (tertiary/aromatic N) is 1. The molecule has 2 nitrogen and oxygen atoms in total. The molecule has 1 aromatic carbocycles. The van der Waals surface area contributed by atoms with E-state index < -0.39 is 0 Å². The van der Waals surface area contributed by atoms with Crippen molar-refractivity contribution in [3.8, 4) is 0 Å². The van der Waals surface area contributed by atoms with E-state index >= 15 is 0 Å². The van der Waals surface area contributed by atoms with Crippen molar-refractivity contribution in [2.45, 2.75) is 6.92 Å². The molecule has 0 radical (unpaired) electrons. The summed E-state index contributed by atoms with van der Waals surface area (Å²) in [7, 11) is 0. The van der Waals surface area contributed by atoms with Crippen LogP contribution in [0.3, 0.4) is 0 Å². The number of anilines is 1. The summed E-state index contributed by atoms with van der Waals surface area (Å²) in [6.45, 7) is 1.87. The Kier molecular flexibility index (Phi) is 6.22. The second-order valence-electron chi connectivity index (χ2n) is 1.87. The molecule has 0 aromatic heterocycles. The van der Waals surface area contributed by atoms with Crippen molar-refractivity contribution in [3.05, 3.63) is 30.3 Å². The molecule has 0 aliphatic carbocycles. The van der Waals surface area contributed by atoms with Crippen LogP contribution >= 0.6 is 0 Å². The van der Waals surface area contributed by atoms with E-state index in [-0.39, 0.29) is 29.6 Å². The summed E-state index contributed by atoms with van der Waals surface area (Å²) < 4.78 is 0. The van der Waals surface area contributed by atoms with Crippen molar-refractivity contribution in [2.24, 2.45) is 5.10 Å². The van der Waals surface area contributed by atoms with E-state index in [9.17, 15) is 0 Å². The molecule has 0 spiro atoms. The normalized spacial score (nSPS) is 9.18. The van der Waals surface area contributed by atoms with Crippen LogP contribution in [0.1, 0.15) is 6.92 Å². The van der Waals surface area contributed by atoms with Gasteiger partial charge < -0.3 is 0 Å². The van der Waals surface area contributed by atoms with Gasteiger partial charge in [-0.2, -0.15) is 5.10 Å². The first-order chi connectivity index (χ1) is 4.93. The predicted molar refractivity (Wildman–Crippen MR) is 51.4 cm³/mol. The van der Waals surface area contributed by atoms with E-state index in [4.69, 9.17) is 0 Å². The van der Waals surface area contributed by atoms with Gasteiger partial charge >= 0.3 is 29.6 Å². The molecule has 0 aliphatic heterocycles. The summed E-state index contributed by atoms with van der Waals surface area (Å²) >= 11 is 0. The standard InChI is InChI=1S/C8H10N2.Na.H/c1-2-9-10-8-6-4-3-5-7-8;;/h2-7,10H,1H3;;. The zero-order chi connectivity index (χ0) is 7.23. The van der Waals surface area contributed by atoms with Crippen molar-refractivity contribution in [3.63, 3.8) is 0 Å². The maximum absolute atomic E-state index is 3.87. The molecule has 0 amide bonds. The van der Waals surface area contributed by atoms with Crippen molar-refractivity contribution in [2.75, 3.05) is 5.43 Å². The molecular weight excluding hydrogens is 147 g/mol. The predicted octanol–water partition coefficient (Wildman–Crippen LogP) is 1.46. The monoisotopic (exact) mass is 158 g/mol. The van der Waals surface area contributed by atoms with Gasteiger partial charge in [-0.25, -0.2) is 0 Å². The van der Waals surface area contributed by atoms with E-state index in [1.54, 1.807) is 6.21 Å². The second kappa shape index (κ2) is 6.40. The number of hydrazone groups is 1. The van der Waals surface area contributed by atoms with E-state index in [1.807, 2.05) is 37.3 Å². The molecule has 0 bridgehead atoms. The molecule has 3 heteroatoms. The second-order valence-corrected chi connectivity index (χ2v) is 1.87. The third-order valence-electron chi connectivity index (χ3n) is 1.10. The molecule has 1 aromatic rings. The summed E-state index contributed by atoms with van der Waals surface area (Å²) in [5.41, 5.74) is 3.88. The molecular formula is C8H11N2Na. The number of hydrogen-bond donors (Lipinski definition) is 1. The van der Waals surface area contributed by atoms with Gasteiger partial charge in [0.2, 0.25) is 0 Å². The van der Waals surface area contributed by atoms with Crippen LogP contribution in [0, 0.1) is 0 Å². The van der Waals surface area contributed by atoms with Crippen LogP contribution in [0.5, 0.6) is 0 Å². The summed E-state index contributed by atoms with van der Waals surface area (Å²) in [6, 6.07) is 9.84. The summed E-state index contributed by atoms with van der Waals surface area (Å²) in [5, 5.41) is 3.87. The Labute approximate surface area is 89.0 Å². The van der Waals surface area contributed by atoms with Gasteiger partial charge in [-0.05, 0) is 19.1 Å². The van der Waals surface area contributed by atoms with Crippen LogP contribution in [0.25, 0.3) is 0 Å². The third kappa shape index (κ3) is 4.19. The van der Waals surface area contributed by atoms with Crippen LogP contribution < -0.4 is 5.43 Å². The van der Waals surface area contributed by atoms with Gasteiger partial charge in [-0.1, -0.05) is 18.2 Å². The van der Waals surface area contributed by atoms with E-state index in [0.717, 1.165) is 5.69 Å². The molecule has 0 saturated carbocycles. The molecule has 0 unspecified atom stereocenters. The van der Waals surface area contributed by atoms with E-state index in [1.165, 1.54) is 0 Å². The molecule has 0 saturated heterocycles. The average molecular weight is 158 g/mol. The quantitative estimate of drug-likeness (QED) is 0.393. The number of hydrogen-bond acceptors (Lipinski definition) is 2. The average Bonchev–Trinajstić information content (AvgIpc) is 2.03. The Hall–Kier alpha value is -0.310. The van der Waals surface area contributed by atoms with E-state index in [2.05, 4.69) is 10.5 Å². The Morgan fingerprint density at radius 2 is 1.91 bits per heavy atom. The Bertz CT molecular complexity index is 209. The topological polar surface area (TPSA) is 24.4 Å². The first-order valence-corrected chi connectivity index (χ1v) is 3.22. The number of benzene rings is 1. The first-order valence-electron chi connectivity index (χ1n) is 3.22. The van der Waals surface area contributed by atoms with Gasteiger partial charge in [0.05, 0.1) is 5.69 Å². The van der Waals surface area contributed by atoms with Gasteiger partial charge in [0.1, 0.15) is 0 Å². The summed E-state index contributed by atoms with van der Waals surface area (Å²) in [6.07, 6.45) is 1.72. The van der Waals surface area contributed by atoms with Crippen molar-refractivity contribution < 1.29 is 0 Å². The van der Waals surface area contributed by atoms with Crippen LogP contribution in [-0.2, 0) is 0 Å². The molecule has 0 aliphatic rings. The van der Waals surface area contributed by atoms with Crippen LogP contribution in [-0.4, -0.2) is 35.8 Å². The van der Waals surface area contributed by atoms with Crippen LogP contribution in [0.2, 0.25) is 0 Å². The molecule has 0 atom stereocenters. The Morgan fingerprint density at radius 3 is 2.45 bits per heavy atom.